The van der Waals surface area contributed by atoms with Gasteiger partial charge >= 0.3 is 0 Å². The summed E-state index contributed by atoms with van der Waals surface area (Å²) in [5.41, 5.74) is 2.79. The fourth-order valence-corrected chi connectivity index (χ4v) is 1.84. The zero-order valence-corrected chi connectivity index (χ0v) is 9.87. The molecule has 18 heavy (non-hydrogen) atoms. The predicted molar refractivity (Wildman–Crippen MR) is 69.3 cm³/mol. The molecular weight excluding hydrogens is 226 g/mol. The Kier molecular flexibility index (Phi) is 2.61. The van der Waals surface area contributed by atoms with Gasteiger partial charge in [-0.2, -0.15) is 10.2 Å². The highest BCUT2D eigenvalue weighted by molar-refractivity contribution is 5.84. The number of rotatable bonds is 2. The SMILES string of the molecule is COc1ccc2cc(-c3cccnn3)ccc2n1. The minimum atomic E-state index is 0.620. The third kappa shape index (κ3) is 1.88. The molecule has 0 spiro atoms. The molecule has 0 atom stereocenters. The van der Waals surface area contributed by atoms with Crippen LogP contribution in [0.25, 0.3) is 22.2 Å². The van der Waals surface area contributed by atoms with Crippen LogP contribution in [-0.4, -0.2) is 22.3 Å². The van der Waals surface area contributed by atoms with Crippen molar-refractivity contribution in [2.24, 2.45) is 0 Å². The van der Waals surface area contributed by atoms with E-state index >= 15 is 0 Å². The zero-order chi connectivity index (χ0) is 12.4. The summed E-state index contributed by atoms with van der Waals surface area (Å²) in [4.78, 5) is 4.37. The Balaban J connectivity index is 2.12. The summed E-state index contributed by atoms with van der Waals surface area (Å²) in [6.45, 7) is 0. The molecule has 4 heteroatoms. The lowest BCUT2D eigenvalue weighted by molar-refractivity contribution is 0.399. The van der Waals surface area contributed by atoms with Crippen molar-refractivity contribution in [2.45, 2.75) is 0 Å². The fourth-order valence-electron chi connectivity index (χ4n) is 1.84. The summed E-state index contributed by atoms with van der Waals surface area (Å²) in [6, 6.07) is 13.6. The Morgan fingerprint density at radius 1 is 1.06 bits per heavy atom. The summed E-state index contributed by atoms with van der Waals surface area (Å²) < 4.78 is 5.10. The molecule has 0 amide bonds. The van der Waals surface area contributed by atoms with Gasteiger partial charge in [0, 0.05) is 23.2 Å². The largest absolute Gasteiger partial charge is 0.481 e. The lowest BCUT2D eigenvalue weighted by atomic mass is 10.1. The number of pyridine rings is 1. The third-order valence-electron chi connectivity index (χ3n) is 2.74. The molecule has 0 aliphatic rings. The Morgan fingerprint density at radius 3 is 2.78 bits per heavy atom. The van der Waals surface area contributed by atoms with Crippen molar-refractivity contribution in [1.82, 2.24) is 15.2 Å². The number of benzene rings is 1. The first-order chi connectivity index (χ1) is 8.86. The molecule has 0 saturated heterocycles. The number of methoxy groups -OCH3 is 1. The van der Waals surface area contributed by atoms with Crippen LogP contribution in [0.2, 0.25) is 0 Å². The smallest absolute Gasteiger partial charge is 0.213 e. The topological polar surface area (TPSA) is 47.9 Å². The molecule has 4 nitrogen and oxygen atoms in total. The molecule has 3 rings (SSSR count). The van der Waals surface area contributed by atoms with Crippen LogP contribution in [0.4, 0.5) is 0 Å². The van der Waals surface area contributed by atoms with Crippen LogP contribution in [-0.2, 0) is 0 Å². The first-order valence-corrected chi connectivity index (χ1v) is 5.60. The lowest BCUT2D eigenvalue weighted by Crippen LogP contribution is -1.89. The van der Waals surface area contributed by atoms with Gasteiger partial charge in [-0.25, -0.2) is 4.98 Å². The van der Waals surface area contributed by atoms with Gasteiger partial charge in [-0.05, 0) is 30.3 Å². The maximum absolute atomic E-state index is 5.10. The number of hydrogen-bond donors (Lipinski definition) is 0. The highest BCUT2D eigenvalue weighted by Crippen LogP contribution is 2.23. The second kappa shape index (κ2) is 4.41. The monoisotopic (exact) mass is 237 g/mol. The average Bonchev–Trinajstić information content (AvgIpc) is 2.47. The number of hydrogen-bond acceptors (Lipinski definition) is 4. The predicted octanol–water partition coefficient (Wildman–Crippen LogP) is 2.70. The first kappa shape index (κ1) is 10.7. The van der Waals surface area contributed by atoms with Crippen molar-refractivity contribution < 1.29 is 4.74 Å². The molecular formula is C14H11N3O. The van der Waals surface area contributed by atoms with Gasteiger partial charge in [-0.15, -0.1) is 0 Å². The fraction of sp³-hybridized carbons (Fsp3) is 0.0714. The number of fused-ring (bicyclic) bond motifs is 1. The van der Waals surface area contributed by atoms with Crippen molar-refractivity contribution in [3.63, 3.8) is 0 Å². The Bertz CT molecular complexity index is 683. The highest BCUT2D eigenvalue weighted by atomic mass is 16.5. The van der Waals surface area contributed by atoms with Crippen LogP contribution in [0.5, 0.6) is 5.88 Å². The van der Waals surface area contributed by atoms with Crippen molar-refractivity contribution >= 4 is 10.9 Å². The van der Waals surface area contributed by atoms with E-state index in [0.717, 1.165) is 22.2 Å². The minimum absolute atomic E-state index is 0.620. The quantitative estimate of drug-likeness (QED) is 0.687. The van der Waals surface area contributed by atoms with Crippen LogP contribution >= 0.6 is 0 Å². The zero-order valence-electron chi connectivity index (χ0n) is 9.87. The second-order valence-electron chi connectivity index (χ2n) is 3.87. The number of ether oxygens (including phenoxy) is 1. The van der Waals surface area contributed by atoms with E-state index in [4.69, 9.17) is 4.74 Å². The van der Waals surface area contributed by atoms with E-state index in [1.807, 2.05) is 42.5 Å². The van der Waals surface area contributed by atoms with E-state index in [0.29, 0.717) is 5.88 Å². The summed E-state index contributed by atoms with van der Waals surface area (Å²) in [5.74, 6) is 0.620. The van der Waals surface area contributed by atoms with Crippen molar-refractivity contribution in [1.29, 1.82) is 0 Å². The normalized spacial score (nSPS) is 10.5. The van der Waals surface area contributed by atoms with Crippen molar-refractivity contribution in [2.75, 3.05) is 7.11 Å². The lowest BCUT2D eigenvalue weighted by Gasteiger charge is -2.04. The van der Waals surface area contributed by atoms with E-state index in [-0.39, 0.29) is 0 Å². The maximum atomic E-state index is 5.10. The molecule has 0 unspecified atom stereocenters. The highest BCUT2D eigenvalue weighted by Gasteiger charge is 2.02. The van der Waals surface area contributed by atoms with Gasteiger partial charge in [0.15, 0.2) is 0 Å². The first-order valence-electron chi connectivity index (χ1n) is 5.60. The van der Waals surface area contributed by atoms with Crippen LogP contribution in [0, 0.1) is 0 Å². The van der Waals surface area contributed by atoms with E-state index < -0.39 is 0 Å². The van der Waals surface area contributed by atoms with Gasteiger partial charge in [-0.1, -0.05) is 6.07 Å². The van der Waals surface area contributed by atoms with Crippen molar-refractivity contribution in [3.05, 3.63) is 48.7 Å². The molecule has 0 N–H and O–H groups in total. The molecule has 88 valence electrons. The van der Waals surface area contributed by atoms with Gasteiger partial charge in [0.25, 0.3) is 0 Å². The molecule has 0 fully saturated rings. The Morgan fingerprint density at radius 2 is 2.00 bits per heavy atom. The molecule has 0 saturated carbocycles. The van der Waals surface area contributed by atoms with E-state index in [2.05, 4.69) is 15.2 Å². The molecule has 3 aromatic rings. The number of aromatic nitrogens is 3. The summed E-state index contributed by atoms with van der Waals surface area (Å²) in [5, 5.41) is 9.03. The summed E-state index contributed by atoms with van der Waals surface area (Å²) >= 11 is 0. The van der Waals surface area contributed by atoms with Crippen LogP contribution < -0.4 is 4.74 Å². The van der Waals surface area contributed by atoms with Crippen LogP contribution in [0.3, 0.4) is 0 Å². The maximum Gasteiger partial charge on any atom is 0.213 e. The average molecular weight is 237 g/mol. The van der Waals surface area contributed by atoms with E-state index in [1.165, 1.54) is 0 Å². The molecule has 0 aliphatic heterocycles. The Labute approximate surface area is 104 Å². The molecule has 2 aromatic heterocycles. The van der Waals surface area contributed by atoms with Gasteiger partial charge < -0.3 is 4.74 Å². The van der Waals surface area contributed by atoms with Crippen molar-refractivity contribution in [3.8, 4) is 17.1 Å². The molecule has 2 heterocycles. The second-order valence-corrected chi connectivity index (χ2v) is 3.87. The van der Waals surface area contributed by atoms with Crippen LogP contribution in [0.1, 0.15) is 0 Å². The number of nitrogens with zero attached hydrogens (tertiary/aromatic N) is 3. The van der Waals surface area contributed by atoms with Gasteiger partial charge in [0.05, 0.1) is 18.3 Å². The van der Waals surface area contributed by atoms with Gasteiger partial charge in [0.1, 0.15) is 0 Å². The standard InChI is InChI=1S/C14H11N3O/c1-18-14-7-5-10-9-11(4-6-12(10)16-14)13-3-2-8-15-17-13/h2-9H,1H3. The van der Waals surface area contributed by atoms with Gasteiger partial charge in [-0.3, -0.25) is 0 Å². The summed E-state index contributed by atoms with van der Waals surface area (Å²) in [6.07, 6.45) is 1.66. The van der Waals surface area contributed by atoms with Crippen LogP contribution in [0.15, 0.2) is 48.7 Å². The Hall–Kier alpha value is -2.49. The third-order valence-corrected chi connectivity index (χ3v) is 2.74. The molecule has 1 aromatic carbocycles. The molecule has 0 aliphatic carbocycles. The van der Waals surface area contributed by atoms with E-state index in [9.17, 15) is 0 Å². The molecule has 0 radical (unpaired) electrons. The minimum Gasteiger partial charge on any atom is -0.481 e. The van der Waals surface area contributed by atoms with E-state index in [1.54, 1.807) is 13.3 Å². The summed E-state index contributed by atoms with van der Waals surface area (Å²) in [7, 11) is 1.61. The molecule has 0 bridgehead atoms. The van der Waals surface area contributed by atoms with Gasteiger partial charge in [0.2, 0.25) is 5.88 Å².